The molecule has 2 aliphatic rings. The van der Waals surface area contributed by atoms with Gasteiger partial charge >= 0.3 is 6.03 Å². The molecule has 1 aliphatic carbocycles. The van der Waals surface area contributed by atoms with Crippen molar-refractivity contribution >= 4 is 6.03 Å². The predicted octanol–water partition coefficient (Wildman–Crippen LogP) is 3.25. The van der Waals surface area contributed by atoms with Crippen LogP contribution in [0.1, 0.15) is 54.9 Å². The molecule has 2 amide bonds. The molecule has 3 heteroatoms. The van der Waals surface area contributed by atoms with E-state index in [0.29, 0.717) is 17.4 Å². The number of carbonyl (C=O) groups excluding carboxylic acids is 1. The zero-order valence-corrected chi connectivity index (χ0v) is 12.9. The number of nitrogens with zero attached hydrogens (tertiary/aromatic N) is 1. The van der Waals surface area contributed by atoms with Crippen LogP contribution in [0.3, 0.4) is 0 Å². The number of urea groups is 1. The second-order valence-corrected chi connectivity index (χ2v) is 8.47. The van der Waals surface area contributed by atoms with Gasteiger partial charge in [0, 0.05) is 24.0 Å². The van der Waals surface area contributed by atoms with Gasteiger partial charge in [-0.3, -0.25) is 0 Å². The molecule has 0 spiro atoms. The van der Waals surface area contributed by atoms with Crippen LogP contribution in [0, 0.1) is 16.7 Å². The van der Waals surface area contributed by atoms with Crippen LogP contribution in [0.15, 0.2) is 0 Å². The number of fused-ring (bicyclic) bond motifs is 1. The van der Waals surface area contributed by atoms with Crippen molar-refractivity contribution < 1.29 is 4.79 Å². The first-order chi connectivity index (χ1) is 7.95. The number of hydrogen-bond donors (Lipinski definition) is 1. The molecule has 18 heavy (non-hydrogen) atoms. The van der Waals surface area contributed by atoms with E-state index in [1.807, 2.05) is 4.90 Å². The Labute approximate surface area is 111 Å². The smallest absolute Gasteiger partial charge is 0.318 e. The van der Waals surface area contributed by atoms with E-state index in [9.17, 15) is 4.79 Å². The molecule has 1 aliphatic heterocycles. The SMILES string of the molecule is CC1(C)CC(C)(C)C2NC(=O)N(C(C)(C)C)CC21. The molecule has 3 nitrogen and oxygen atoms in total. The van der Waals surface area contributed by atoms with Gasteiger partial charge in [0.2, 0.25) is 0 Å². The minimum absolute atomic E-state index is 0.0993. The van der Waals surface area contributed by atoms with Crippen molar-refractivity contribution in [3.63, 3.8) is 0 Å². The van der Waals surface area contributed by atoms with E-state index in [2.05, 4.69) is 53.8 Å². The number of hydrogen-bond acceptors (Lipinski definition) is 1. The maximum atomic E-state index is 12.3. The number of nitrogens with one attached hydrogen (secondary N) is 1. The van der Waals surface area contributed by atoms with Gasteiger partial charge < -0.3 is 10.2 Å². The van der Waals surface area contributed by atoms with Gasteiger partial charge in [-0.2, -0.15) is 0 Å². The fourth-order valence-corrected chi connectivity index (χ4v) is 4.13. The van der Waals surface area contributed by atoms with Crippen LogP contribution in [0.5, 0.6) is 0 Å². The molecular formula is C15H28N2O. The lowest BCUT2D eigenvalue weighted by Crippen LogP contribution is -2.64. The normalized spacial score (nSPS) is 34.2. The Morgan fingerprint density at radius 3 is 2.22 bits per heavy atom. The first kappa shape index (κ1) is 13.7. The molecule has 2 atom stereocenters. The molecule has 0 radical (unpaired) electrons. The molecule has 0 aromatic carbocycles. The van der Waals surface area contributed by atoms with Crippen molar-refractivity contribution in [3.8, 4) is 0 Å². The first-order valence-corrected chi connectivity index (χ1v) is 7.03. The Morgan fingerprint density at radius 1 is 1.17 bits per heavy atom. The van der Waals surface area contributed by atoms with Crippen molar-refractivity contribution in [3.05, 3.63) is 0 Å². The van der Waals surface area contributed by atoms with Crippen LogP contribution in [0.2, 0.25) is 0 Å². The quantitative estimate of drug-likeness (QED) is 0.705. The molecule has 2 unspecified atom stereocenters. The van der Waals surface area contributed by atoms with Crippen LogP contribution < -0.4 is 5.32 Å². The van der Waals surface area contributed by atoms with E-state index in [-0.39, 0.29) is 17.0 Å². The third-order valence-corrected chi connectivity index (χ3v) is 4.87. The van der Waals surface area contributed by atoms with Gasteiger partial charge in [0.05, 0.1) is 0 Å². The molecule has 1 saturated heterocycles. The van der Waals surface area contributed by atoms with Gasteiger partial charge in [-0.1, -0.05) is 27.7 Å². The Kier molecular flexibility index (Phi) is 2.77. The highest BCUT2D eigenvalue weighted by atomic mass is 16.2. The average Bonchev–Trinajstić information content (AvgIpc) is 2.29. The van der Waals surface area contributed by atoms with Gasteiger partial charge in [0.1, 0.15) is 0 Å². The van der Waals surface area contributed by atoms with E-state index in [4.69, 9.17) is 0 Å². The third-order valence-electron chi connectivity index (χ3n) is 4.87. The van der Waals surface area contributed by atoms with Gasteiger partial charge in [-0.05, 0) is 38.0 Å². The van der Waals surface area contributed by atoms with E-state index < -0.39 is 0 Å². The molecule has 104 valence electrons. The Morgan fingerprint density at radius 2 is 1.72 bits per heavy atom. The highest BCUT2D eigenvalue weighted by Gasteiger charge is 2.56. The third kappa shape index (κ3) is 2.02. The number of carbonyl (C=O) groups is 1. The van der Waals surface area contributed by atoms with Crippen LogP contribution >= 0.6 is 0 Å². The summed E-state index contributed by atoms with van der Waals surface area (Å²) in [6.07, 6.45) is 1.17. The van der Waals surface area contributed by atoms with Crippen LogP contribution in [0.4, 0.5) is 4.79 Å². The minimum atomic E-state index is -0.0993. The number of rotatable bonds is 0. The molecule has 0 aromatic heterocycles. The standard InChI is InChI=1S/C15H28N2O/c1-13(2,3)17-8-10-11(16-12(17)18)15(6,7)9-14(10,4)5/h10-11H,8-9H2,1-7H3,(H,16,18). The second kappa shape index (κ2) is 3.64. The van der Waals surface area contributed by atoms with Gasteiger partial charge in [0.15, 0.2) is 0 Å². The van der Waals surface area contributed by atoms with E-state index in [1.54, 1.807) is 0 Å². The van der Waals surface area contributed by atoms with Crippen molar-refractivity contribution in [1.29, 1.82) is 0 Å². The topological polar surface area (TPSA) is 32.3 Å². The minimum Gasteiger partial charge on any atom is -0.334 e. The van der Waals surface area contributed by atoms with Gasteiger partial charge in [-0.15, -0.1) is 0 Å². The maximum Gasteiger partial charge on any atom is 0.318 e. The van der Waals surface area contributed by atoms with Crippen molar-refractivity contribution in [2.45, 2.75) is 66.5 Å². The first-order valence-electron chi connectivity index (χ1n) is 7.03. The highest BCUT2D eigenvalue weighted by Crippen LogP contribution is 2.54. The summed E-state index contributed by atoms with van der Waals surface area (Å²) in [7, 11) is 0. The summed E-state index contributed by atoms with van der Waals surface area (Å²) in [6.45, 7) is 16.5. The molecule has 1 N–H and O–H groups in total. The predicted molar refractivity (Wildman–Crippen MR) is 74.4 cm³/mol. The molecule has 0 bridgehead atoms. The van der Waals surface area contributed by atoms with Gasteiger partial charge in [-0.25, -0.2) is 4.79 Å². The fourth-order valence-electron chi connectivity index (χ4n) is 4.13. The van der Waals surface area contributed by atoms with Gasteiger partial charge in [0.25, 0.3) is 0 Å². The summed E-state index contributed by atoms with van der Waals surface area (Å²) in [5.41, 5.74) is 0.400. The summed E-state index contributed by atoms with van der Waals surface area (Å²) in [5.74, 6) is 0.546. The second-order valence-electron chi connectivity index (χ2n) is 8.47. The highest BCUT2D eigenvalue weighted by molar-refractivity contribution is 5.76. The van der Waals surface area contributed by atoms with Crippen molar-refractivity contribution in [2.75, 3.05) is 6.54 Å². The summed E-state index contributed by atoms with van der Waals surface area (Å²) >= 11 is 0. The Bertz CT molecular complexity index is 365. The zero-order valence-electron chi connectivity index (χ0n) is 12.9. The molecule has 0 aromatic rings. The Balaban J connectivity index is 2.31. The van der Waals surface area contributed by atoms with Crippen LogP contribution in [0.25, 0.3) is 0 Å². The van der Waals surface area contributed by atoms with E-state index in [0.717, 1.165) is 6.54 Å². The van der Waals surface area contributed by atoms with E-state index in [1.165, 1.54) is 6.42 Å². The van der Waals surface area contributed by atoms with Crippen molar-refractivity contribution in [2.24, 2.45) is 16.7 Å². The Hall–Kier alpha value is -0.730. The van der Waals surface area contributed by atoms with Crippen LogP contribution in [-0.2, 0) is 0 Å². The molecule has 1 heterocycles. The lowest BCUT2D eigenvalue weighted by molar-refractivity contribution is 0.0646. The van der Waals surface area contributed by atoms with E-state index >= 15 is 0 Å². The fraction of sp³-hybridized carbons (Fsp3) is 0.933. The summed E-state index contributed by atoms with van der Waals surface area (Å²) in [4.78, 5) is 14.3. The summed E-state index contributed by atoms with van der Waals surface area (Å²) in [5, 5.41) is 3.27. The van der Waals surface area contributed by atoms with Crippen LogP contribution in [-0.4, -0.2) is 29.1 Å². The summed E-state index contributed by atoms with van der Waals surface area (Å²) < 4.78 is 0. The number of amides is 2. The molecule has 1 saturated carbocycles. The lowest BCUT2D eigenvalue weighted by atomic mass is 9.79. The monoisotopic (exact) mass is 252 g/mol. The van der Waals surface area contributed by atoms with Crippen molar-refractivity contribution in [1.82, 2.24) is 10.2 Å². The molecular weight excluding hydrogens is 224 g/mol. The molecule has 2 rings (SSSR count). The average molecular weight is 252 g/mol. The summed E-state index contributed by atoms with van der Waals surface area (Å²) in [6, 6.07) is 0.424. The molecule has 2 fully saturated rings. The largest absolute Gasteiger partial charge is 0.334 e. The lowest BCUT2D eigenvalue weighted by Gasteiger charge is -2.47. The maximum absolute atomic E-state index is 12.3. The zero-order chi connectivity index (χ0) is 13.9.